The van der Waals surface area contributed by atoms with Crippen LogP contribution in [0.1, 0.15) is 30.3 Å². The number of tetrazole rings is 1. The normalized spacial score (nSPS) is 11.1. The Morgan fingerprint density at radius 3 is 2.91 bits per heavy atom. The fourth-order valence-corrected chi connectivity index (χ4v) is 3.30. The minimum atomic E-state index is 0.703. The van der Waals surface area contributed by atoms with Gasteiger partial charge in [-0.05, 0) is 47.9 Å². The predicted octanol–water partition coefficient (Wildman–Crippen LogP) is 3.18. The van der Waals surface area contributed by atoms with Crippen molar-refractivity contribution in [1.82, 2.24) is 29.8 Å². The lowest BCUT2D eigenvalue weighted by Gasteiger charge is -2.11. The highest BCUT2D eigenvalue weighted by molar-refractivity contribution is 7.98. The molecule has 7 heteroatoms. The molecule has 0 saturated heterocycles. The molecule has 0 aliphatic rings. The van der Waals surface area contributed by atoms with Gasteiger partial charge in [-0.1, -0.05) is 30.8 Å². The zero-order valence-electron chi connectivity index (χ0n) is 13.6. The van der Waals surface area contributed by atoms with Crippen molar-refractivity contribution in [3.05, 3.63) is 47.5 Å². The summed E-state index contributed by atoms with van der Waals surface area (Å²) in [7, 11) is 0. The van der Waals surface area contributed by atoms with E-state index in [1.807, 2.05) is 17.1 Å². The molecular weight excluding hydrogens is 308 g/mol. The van der Waals surface area contributed by atoms with Crippen LogP contribution in [0.3, 0.4) is 0 Å². The maximum atomic E-state index is 4.49. The molecule has 0 saturated carbocycles. The van der Waals surface area contributed by atoms with Crippen LogP contribution in [0.15, 0.2) is 35.7 Å². The second-order valence-corrected chi connectivity index (χ2v) is 6.42. The first-order valence-corrected chi connectivity index (χ1v) is 8.66. The van der Waals surface area contributed by atoms with Gasteiger partial charge < -0.3 is 0 Å². The highest BCUT2D eigenvalue weighted by atomic mass is 32.2. The average Bonchev–Trinajstić information content (AvgIpc) is 3.17. The van der Waals surface area contributed by atoms with E-state index >= 15 is 0 Å². The van der Waals surface area contributed by atoms with Crippen molar-refractivity contribution in [3.63, 3.8) is 0 Å². The molecule has 0 N–H and O–H groups in total. The number of hydrogen-bond acceptors (Lipinski definition) is 5. The number of aryl methyl sites for hydroxylation is 3. The second-order valence-electron chi connectivity index (χ2n) is 5.48. The van der Waals surface area contributed by atoms with Crippen molar-refractivity contribution in [3.8, 4) is 5.69 Å². The van der Waals surface area contributed by atoms with E-state index in [1.54, 1.807) is 11.8 Å². The van der Waals surface area contributed by atoms with Crippen LogP contribution in [-0.2, 0) is 12.3 Å². The Labute approximate surface area is 139 Å². The SMILES string of the molecule is CCCn1nnnc1CSc1nccn1-c1cc(C)ccc1C. The molecule has 0 amide bonds. The lowest BCUT2D eigenvalue weighted by atomic mass is 10.1. The predicted molar refractivity (Wildman–Crippen MR) is 90.7 cm³/mol. The molecule has 0 radical (unpaired) electrons. The summed E-state index contributed by atoms with van der Waals surface area (Å²) in [5, 5.41) is 12.9. The fourth-order valence-electron chi connectivity index (χ4n) is 2.40. The van der Waals surface area contributed by atoms with Crippen molar-refractivity contribution < 1.29 is 0 Å². The van der Waals surface area contributed by atoms with Crippen LogP contribution < -0.4 is 0 Å². The van der Waals surface area contributed by atoms with Crippen LogP contribution in [0.4, 0.5) is 0 Å². The fraction of sp³-hybridized carbons (Fsp3) is 0.375. The number of aromatic nitrogens is 6. The Balaban J connectivity index is 1.81. The van der Waals surface area contributed by atoms with E-state index < -0.39 is 0 Å². The minimum Gasteiger partial charge on any atom is -0.295 e. The molecule has 6 nitrogen and oxygen atoms in total. The molecule has 0 spiro atoms. The summed E-state index contributed by atoms with van der Waals surface area (Å²) in [6.45, 7) is 7.18. The Hall–Kier alpha value is -2.15. The summed E-state index contributed by atoms with van der Waals surface area (Å²) in [6, 6.07) is 6.45. The third-order valence-electron chi connectivity index (χ3n) is 3.60. The van der Waals surface area contributed by atoms with E-state index in [0.717, 1.165) is 29.6 Å². The van der Waals surface area contributed by atoms with Gasteiger partial charge in [0.1, 0.15) is 0 Å². The maximum Gasteiger partial charge on any atom is 0.173 e. The highest BCUT2D eigenvalue weighted by Crippen LogP contribution is 2.25. The number of rotatable bonds is 6. The molecule has 0 atom stereocenters. The molecule has 2 aromatic heterocycles. The molecule has 0 unspecified atom stereocenters. The first kappa shape index (κ1) is 15.7. The molecule has 0 bridgehead atoms. The van der Waals surface area contributed by atoms with Gasteiger partial charge in [0.05, 0.1) is 11.4 Å². The van der Waals surface area contributed by atoms with Crippen molar-refractivity contribution >= 4 is 11.8 Å². The minimum absolute atomic E-state index is 0.703. The van der Waals surface area contributed by atoms with Crippen LogP contribution >= 0.6 is 11.8 Å². The molecule has 120 valence electrons. The molecule has 0 aliphatic heterocycles. The van der Waals surface area contributed by atoms with Gasteiger partial charge in [0, 0.05) is 18.9 Å². The Kier molecular flexibility index (Phi) is 4.76. The lowest BCUT2D eigenvalue weighted by molar-refractivity contribution is 0.564. The summed E-state index contributed by atoms with van der Waals surface area (Å²) in [4.78, 5) is 4.49. The monoisotopic (exact) mass is 328 g/mol. The quantitative estimate of drug-likeness (QED) is 0.650. The van der Waals surface area contributed by atoms with E-state index in [4.69, 9.17) is 0 Å². The molecule has 3 aromatic rings. The number of benzene rings is 1. The average molecular weight is 328 g/mol. The molecule has 1 aromatic carbocycles. The number of imidazole rings is 1. The topological polar surface area (TPSA) is 61.4 Å². The Morgan fingerprint density at radius 1 is 1.22 bits per heavy atom. The van der Waals surface area contributed by atoms with E-state index in [0.29, 0.717) is 5.75 Å². The van der Waals surface area contributed by atoms with E-state index in [-0.39, 0.29) is 0 Å². The Bertz CT molecular complexity index is 791. The smallest absolute Gasteiger partial charge is 0.173 e. The number of nitrogens with zero attached hydrogens (tertiary/aromatic N) is 6. The number of hydrogen-bond donors (Lipinski definition) is 0. The largest absolute Gasteiger partial charge is 0.295 e. The van der Waals surface area contributed by atoms with Crippen LogP contribution in [0.25, 0.3) is 5.69 Å². The zero-order chi connectivity index (χ0) is 16.2. The highest BCUT2D eigenvalue weighted by Gasteiger charge is 2.11. The van der Waals surface area contributed by atoms with E-state index in [2.05, 4.69) is 64.0 Å². The van der Waals surface area contributed by atoms with Crippen LogP contribution in [0.5, 0.6) is 0 Å². The first-order chi connectivity index (χ1) is 11.2. The molecule has 23 heavy (non-hydrogen) atoms. The zero-order valence-corrected chi connectivity index (χ0v) is 14.4. The molecular formula is C16H20N6S. The summed E-state index contributed by atoms with van der Waals surface area (Å²) >= 11 is 1.65. The van der Waals surface area contributed by atoms with Gasteiger partial charge in [0.15, 0.2) is 11.0 Å². The van der Waals surface area contributed by atoms with Crippen molar-refractivity contribution in [2.45, 2.75) is 44.6 Å². The second kappa shape index (κ2) is 6.95. The summed E-state index contributed by atoms with van der Waals surface area (Å²) in [6.07, 6.45) is 4.85. The standard InChI is InChI=1S/C16H20N6S/c1-4-8-22-15(18-19-20-22)11-23-16-17-7-9-21(16)14-10-12(2)5-6-13(14)3/h5-7,9-10H,4,8,11H2,1-3H3. The van der Waals surface area contributed by atoms with Crippen LogP contribution in [0.2, 0.25) is 0 Å². The van der Waals surface area contributed by atoms with Gasteiger partial charge in [-0.3, -0.25) is 4.57 Å². The van der Waals surface area contributed by atoms with Gasteiger partial charge in [-0.15, -0.1) is 5.10 Å². The lowest BCUT2D eigenvalue weighted by Crippen LogP contribution is -2.05. The van der Waals surface area contributed by atoms with Gasteiger partial charge in [-0.2, -0.15) is 0 Å². The summed E-state index contributed by atoms with van der Waals surface area (Å²) in [5.41, 5.74) is 3.63. The van der Waals surface area contributed by atoms with E-state index in [1.165, 1.54) is 11.1 Å². The molecule has 0 fully saturated rings. The molecule has 2 heterocycles. The maximum absolute atomic E-state index is 4.49. The third kappa shape index (κ3) is 3.44. The van der Waals surface area contributed by atoms with Gasteiger partial charge >= 0.3 is 0 Å². The Morgan fingerprint density at radius 2 is 2.09 bits per heavy atom. The van der Waals surface area contributed by atoms with Crippen molar-refractivity contribution in [2.75, 3.05) is 0 Å². The van der Waals surface area contributed by atoms with Crippen LogP contribution in [-0.4, -0.2) is 29.8 Å². The molecule has 3 rings (SSSR count). The van der Waals surface area contributed by atoms with Gasteiger partial charge in [0.2, 0.25) is 0 Å². The van der Waals surface area contributed by atoms with E-state index in [9.17, 15) is 0 Å². The van der Waals surface area contributed by atoms with Crippen LogP contribution in [0, 0.1) is 13.8 Å². The van der Waals surface area contributed by atoms with Crippen molar-refractivity contribution in [1.29, 1.82) is 0 Å². The summed E-state index contributed by atoms with van der Waals surface area (Å²) in [5.74, 6) is 1.59. The molecule has 0 aliphatic carbocycles. The summed E-state index contributed by atoms with van der Waals surface area (Å²) < 4.78 is 3.99. The third-order valence-corrected chi connectivity index (χ3v) is 4.57. The van der Waals surface area contributed by atoms with Gasteiger partial charge in [0.25, 0.3) is 0 Å². The van der Waals surface area contributed by atoms with Gasteiger partial charge in [-0.25, -0.2) is 9.67 Å². The van der Waals surface area contributed by atoms with Crippen molar-refractivity contribution in [2.24, 2.45) is 0 Å². The first-order valence-electron chi connectivity index (χ1n) is 7.68. The number of thioether (sulfide) groups is 1.